The van der Waals surface area contributed by atoms with Gasteiger partial charge in [-0.25, -0.2) is 0 Å². The molecule has 0 aromatic heterocycles. The van der Waals surface area contributed by atoms with Gasteiger partial charge in [-0.1, -0.05) is 101 Å². The number of hydrogen-bond donors (Lipinski definition) is 1. The van der Waals surface area contributed by atoms with Crippen LogP contribution in [-0.2, 0) is 9.22 Å². The van der Waals surface area contributed by atoms with Crippen molar-refractivity contribution in [3.05, 3.63) is 72.9 Å². The summed E-state index contributed by atoms with van der Waals surface area (Å²) in [6.45, 7) is 13.6. The summed E-state index contributed by atoms with van der Waals surface area (Å²) in [5, 5.41) is 8.77. The smallest absolute Gasteiger partial charge is 0.303 e. The third kappa shape index (κ3) is 16.7. The fourth-order valence-corrected chi connectivity index (χ4v) is 3.79. The molecule has 0 aliphatic heterocycles. The lowest BCUT2D eigenvalue weighted by molar-refractivity contribution is -0.136. The van der Waals surface area contributed by atoms with Crippen molar-refractivity contribution in [2.24, 2.45) is 0 Å². The Morgan fingerprint density at radius 3 is 1.97 bits per heavy atom. The van der Waals surface area contributed by atoms with Crippen molar-refractivity contribution < 1.29 is 14.3 Å². The predicted octanol–water partition coefficient (Wildman–Crippen LogP) is 8.55. The van der Waals surface area contributed by atoms with Gasteiger partial charge in [-0.3, -0.25) is 4.79 Å². The first-order chi connectivity index (χ1) is 15.1. The highest BCUT2D eigenvalue weighted by Crippen LogP contribution is 2.37. The second-order valence-electron chi connectivity index (χ2n) is 9.40. The molecule has 180 valence electrons. The first-order valence-electron chi connectivity index (χ1n) is 11.9. The number of hydrogen-bond acceptors (Lipinski definition) is 2. The molecule has 0 aromatic rings. The molecule has 1 unspecified atom stereocenters. The van der Waals surface area contributed by atoms with Crippen LogP contribution in [0.4, 0.5) is 0 Å². The highest BCUT2D eigenvalue weighted by molar-refractivity contribution is 6.74. The fraction of sp³-hybridized carbons (Fsp3) is 0.536. The summed E-state index contributed by atoms with van der Waals surface area (Å²) in [6.07, 6.45) is 31.1. The monoisotopic (exact) mass is 458 g/mol. The summed E-state index contributed by atoms with van der Waals surface area (Å²) in [5.74, 6) is -0.747. The van der Waals surface area contributed by atoms with Gasteiger partial charge in [0.15, 0.2) is 8.32 Å². The largest absolute Gasteiger partial charge is 0.481 e. The molecule has 3 nitrogen and oxygen atoms in total. The Hall–Kier alpha value is -1.91. The second kappa shape index (κ2) is 17.6. The topological polar surface area (TPSA) is 46.5 Å². The van der Waals surface area contributed by atoms with Gasteiger partial charge in [-0.2, -0.15) is 0 Å². The normalized spacial score (nSPS) is 14.9. The lowest BCUT2D eigenvalue weighted by atomic mass is 10.2. The first kappa shape index (κ1) is 30.1. The minimum absolute atomic E-state index is 0.127. The molecule has 0 fully saturated rings. The van der Waals surface area contributed by atoms with E-state index < -0.39 is 14.3 Å². The molecule has 0 spiro atoms. The molecular weight excluding hydrogens is 412 g/mol. The molecule has 0 saturated heterocycles. The van der Waals surface area contributed by atoms with Gasteiger partial charge in [-0.15, -0.1) is 0 Å². The molecule has 0 aliphatic rings. The Morgan fingerprint density at radius 1 is 0.875 bits per heavy atom. The first-order valence-corrected chi connectivity index (χ1v) is 14.8. The average molecular weight is 459 g/mol. The van der Waals surface area contributed by atoms with Crippen LogP contribution in [0.3, 0.4) is 0 Å². The van der Waals surface area contributed by atoms with Gasteiger partial charge in [0.05, 0.1) is 6.10 Å². The molecule has 0 bridgehead atoms. The molecule has 1 N–H and O–H groups in total. The summed E-state index contributed by atoms with van der Waals surface area (Å²) in [5.41, 5.74) is 0. The highest BCUT2D eigenvalue weighted by Gasteiger charge is 2.38. The minimum atomic E-state index is -1.79. The zero-order chi connectivity index (χ0) is 24.3. The number of rotatable bonds is 16. The Kier molecular flexibility index (Phi) is 16.6. The van der Waals surface area contributed by atoms with Crippen molar-refractivity contribution in [3.63, 3.8) is 0 Å². The standard InChI is InChI=1S/C28H46O3Si/c1-7-8-20-23-26(31-32(5,6)28(2,3)4)24-21-18-16-14-12-10-9-11-13-15-17-19-22-25-27(29)30/h8,10-13,16-21,24,26H,7,9,14-15,22-23,25H2,1-6H3,(H,29,30). The minimum Gasteiger partial charge on any atom is -0.481 e. The molecule has 1 atom stereocenters. The molecule has 32 heavy (non-hydrogen) atoms. The van der Waals surface area contributed by atoms with Crippen molar-refractivity contribution in [2.45, 2.75) is 96.9 Å². The molecule has 0 heterocycles. The summed E-state index contributed by atoms with van der Waals surface area (Å²) in [6, 6.07) is 0. The lowest BCUT2D eigenvalue weighted by Crippen LogP contribution is -2.43. The highest BCUT2D eigenvalue weighted by atomic mass is 28.4. The van der Waals surface area contributed by atoms with E-state index in [9.17, 15) is 4.79 Å². The van der Waals surface area contributed by atoms with Gasteiger partial charge >= 0.3 is 5.97 Å². The molecule has 0 aliphatic carbocycles. The maximum absolute atomic E-state index is 10.4. The van der Waals surface area contributed by atoms with E-state index >= 15 is 0 Å². The number of carboxylic acids is 1. The van der Waals surface area contributed by atoms with Crippen molar-refractivity contribution >= 4 is 14.3 Å². The van der Waals surface area contributed by atoms with Crippen molar-refractivity contribution in [3.8, 4) is 0 Å². The van der Waals surface area contributed by atoms with Gasteiger partial charge in [-0.05, 0) is 56.7 Å². The van der Waals surface area contributed by atoms with E-state index in [-0.39, 0.29) is 17.6 Å². The quantitative estimate of drug-likeness (QED) is 0.143. The predicted molar refractivity (Wildman–Crippen MR) is 143 cm³/mol. The number of carboxylic acid groups (broad SMARTS) is 1. The van der Waals surface area contributed by atoms with Crippen LogP contribution < -0.4 is 0 Å². The average Bonchev–Trinajstić information content (AvgIpc) is 2.69. The van der Waals surface area contributed by atoms with E-state index in [2.05, 4.69) is 102 Å². The third-order valence-corrected chi connectivity index (χ3v) is 9.94. The molecule has 0 saturated carbocycles. The summed E-state index contributed by atoms with van der Waals surface area (Å²) in [7, 11) is -1.79. The number of carbonyl (C=O) groups is 1. The van der Waals surface area contributed by atoms with E-state index in [4.69, 9.17) is 9.53 Å². The van der Waals surface area contributed by atoms with Crippen LogP contribution in [-0.4, -0.2) is 25.5 Å². The van der Waals surface area contributed by atoms with Crippen LogP contribution >= 0.6 is 0 Å². The second-order valence-corrected chi connectivity index (χ2v) is 14.2. The number of aliphatic carboxylic acids is 1. The van der Waals surface area contributed by atoms with Crippen LogP contribution in [0, 0.1) is 0 Å². The van der Waals surface area contributed by atoms with Crippen molar-refractivity contribution in [2.75, 3.05) is 0 Å². The van der Waals surface area contributed by atoms with Crippen molar-refractivity contribution in [1.29, 1.82) is 0 Å². The van der Waals surface area contributed by atoms with Gasteiger partial charge in [0.1, 0.15) is 0 Å². The van der Waals surface area contributed by atoms with Crippen LogP contribution in [0.2, 0.25) is 18.1 Å². The Bertz CT molecular complexity index is 673. The maximum atomic E-state index is 10.4. The Balaban J connectivity index is 4.36. The summed E-state index contributed by atoms with van der Waals surface area (Å²) in [4.78, 5) is 10.4. The van der Waals surface area contributed by atoms with E-state index in [1.807, 2.05) is 12.2 Å². The van der Waals surface area contributed by atoms with E-state index in [0.717, 1.165) is 32.1 Å². The van der Waals surface area contributed by atoms with Crippen LogP contribution in [0.25, 0.3) is 0 Å². The van der Waals surface area contributed by atoms with Gasteiger partial charge in [0, 0.05) is 6.42 Å². The molecule has 0 aromatic carbocycles. The third-order valence-electron chi connectivity index (χ3n) is 5.44. The molecule has 0 amide bonds. The Morgan fingerprint density at radius 2 is 1.44 bits per heavy atom. The van der Waals surface area contributed by atoms with Crippen LogP contribution in [0.1, 0.15) is 72.6 Å². The zero-order valence-corrected chi connectivity index (χ0v) is 22.2. The molecule has 4 heteroatoms. The van der Waals surface area contributed by atoms with Gasteiger partial charge in [0.25, 0.3) is 0 Å². The van der Waals surface area contributed by atoms with Crippen molar-refractivity contribution in [1.82, 2.24) is 0 Å². The Labute approximate surface area is 198 Å². The molecule has 0 rings (SSSR count). The lowest BCUT2D eigenvalue weighted by Gasteiger charge is -2.38. The van der Waals surface area contributed by atoms with Gasteiger partial charge < -0.3 is 9.53 Å². The van der Waals surface area contributed by atoms with Gasteiger partial charge in [0.2, 0.25) is 0 Å². The summed E-state index contributed by atoms with van der Waals surface area (Å²) >= 11 is 0. The van der Waals surface area contributed by atoms with Crippen LogP contribution in [0.15, 0.2) is 72.9 Å². The molecule has 0 radical (unpaired) electrons. The maximum Gasteiger partial charge on any atom is 0.303 e. The number of allylic oxidation sites excluding steroid dienone is 10. The zero-order valence-electron chi connectivity index (χ0n) is 21.2. The SMILES string of the molecule is CCC=CCC(C=CC=CCC=CCC=CCC=CCCC(=O)O)O[Si](C)(C)C(C)(C)C. The van der Waals surface area contributed by atoms with Crippen LogP contribution in [0.5, 0.6) is 0 Å². The summed E-state index contributed by atoms with van der Waals surface area (Å²) < 4.78 is 6.59. The van der Waals surface area contributed by atoms with E-state index in [0.29, 0.717) is 6.42 Å². The van der Waals surface area contributed by atoms with E-state index in [1.54, 1.807) is 0 Å². The fourth-order valence-electron chi connectivity index (χ4n) is 2.50. The van der Waals surface area contributed by atoms with E-state index in [1.165, 1.54) is 0 Å². The molecular formula is C28H46O3Si.